The van der Waals surface area contributed by atoms with Crippen LogP contribution < -0.4 is 0 Å². The predicted octanol–water partition coefficient (Wildman–Crippen LogP) is 3.37. The van der Waals surface area contributed by atoms with E-state index in [4.69, 9.17) is 5.11 Å². The monoisotopic (exact) mass is 170 g/mol. The van der Waals surface area contributed by atoms with Crippen molar-refractivity contribution in [3.8, 4) is 0 Å². The second-order valence-electron chi connectivity index (χ2n) is 2.88. The molecule has 0 aliphatic carbocycles. The minimum absolute atomic E-state index is 1.04. The minimum atomic E-state index is 1.04. The smallest absolute Gasteiger partial charge is 0.0797 e. The maximum atomic E-state index is 8.70. The fraction of sp³-hybridized carbons (Fsp3) is 0. The van der Waals surface area contributed by atoms with Gasteiger partial charge in [-0.05, 0) is 22.4 Å². The lowest BCUT2D eigenvalue weighted by atomic mass is 10.1. The third-order valence-corrected chi connectivity index (χ3v) is 2.08. The van der Waals surface area contributed by atoms with Crippen molar-refractivity contribution < 1.29 is 5.11 Å². The van der Waals surface area contributed by atoms with Crippen molar-refractivity contribution in [3.05, 3.63) is 54.3 Å². The molecule has 0 fully saturated rings. The van der Waals surface area contributed by atoms with Crippen molar-refractivity contribution in [2.24, 2.45) is 0 Å². The fourth-order valence-corrected chi connectivity index (χ4v) is 1.48. The first-order chi connectivity index (χ1) is 6.42. The first-order valence-corrected chi connectivity index (χ1v) is 4.20. The molecule has 1 heteroatoms. The molecule has 2 rings (SSSR count). The van der Waals surface area contributed by atoms with Crippen LogP contribution >= 0.6 is 0 Å². The summed E-state index contributed by atoms with van der Waals surface area (Å²) in [6, 6.07) is 14.1. The van der Waals surface area contributed by atoms with Gasteiger partial charge in [-0.3, -0.25) is 0 Å². The second kappa shape index (κ2) is 3.31. The van der Waals surface area contributed by atoms with Gasteiger partial charge in [-0.1, -0.05) is 42.5 Å². The summed E-state index contributed by atoms with van der Waals surface area (Å²) in [7, 11) is 0. The van der Waals surface area contributed by atoms with Gasteiger partial charge in [0.1, 0.15) is 0 Å². The molecular weight excluding hydrogens is 160 g/mol. The molecule has 0 amide bonds. The van der Waals surface area contributed by atoms with Crippen LogP contribution in [0.3, 0.4) is 0 Å². The van der Waals surface area contributed by atoms with E-state index in [2.05, 4.69) is 12.1 Å². The van der Waals surface area contributed by atoms with Crippen LogP contribution in [-0.2, 0) is 0 Å². The predicted molar refractivity (Wildman–Crippen MR) is 55.6 cm³/mol. The zero-order valence-corrected chi connectivity index (χ0v) is 7.14. The maximum absolute atomic E-state index is 8.70. The van der Waals surface area contributed by atoms with Crippen LogP contribution in [0.4, 0.5) is 0 Å². The van der Waals surface area contributed by atoms with Crippen LogP contribution in [0.15, 0.2) is 48.7 Å². The number of aliphatic hydroxyl groups is 1. The van der Waals surface area contributed by atoms with Crippen LogP contribution in [0.1, 0.15) is 5.56 Å². The molecule has 64 valence electrons. The molecule has 0 radical (unpaired) electrons. The van der Waals surface area contributed by atoms with Crippen LogP contribution in [0.25, 0.3) is 16.8 Å². The summed E-state index contributed by atoms with van der Waals surface area (Å²) in [6.07, 6.45) is 2.77. The summed E-state index contributed by atoms with van der Waals surface area (Å²) >= 11 is 0. The van der Waals surface area contributed by atoms with Gasteiger partial charge >= 0.3 is 0 Å². The highest BCUT2D eigenvalue weighted by Gasteiger charge is 1.94. The summed E-state index contributed by atoms with van der Waals surface area (Å²) < 4.78 is 0. The third kappa shape index (κ3) is 1.41. The number of rotatable bonds is 1. The number of hydrogen-bond donors (Lipinski definition) is 1. The lowest BCUT2D eigenvalue weighted by molar-refractivity contribution is 0.478. The van der Waals surface area contributed by atoms with Gasteiger partial charge in [-0.25, -0.2) is 0 Å². The van der Waals surface area contributed by atoms with Crippen LogP contribution in [0.5, 0.6) is 0 Å². The standard InChI is InChI=1S/C12H10O/c13-9-8-11-6-3-5-10-4-1-2-7-12(10)11/h1-9,13H. The molecule has 0 saturated heterocycles. The molecule has 0 unspecified atom stereocenters. The van der Waals surface area contributed by atoms with Crippen molar-refractivity contribution in [2.45, 2.75) is 0 Å². The summed E-state index contributed by atoms with van der Waals surface area (Å²) in [4.78, 5) is 0. The normalized spacial score (nSPS) is 11.1. The Morgan fingerprint density at radius 1 is 0.923 bits per heavy atom. The Labute approximate surface area is 76.9 Å². The van der Waals surface area contributed by atoms with E-state index in [1.165, 1.54) is 5.39 Å². The lowest BCUT2D eigenvalue weighted by Gasteiger charge is -2.00. The number of benzene rings is 2. The van der Waals surface area contributed by atoms with E-state index in [0.717, 1.165) is 17.2 Å². The van der Waals surface area contributed by atoms with E-state index in [1.807, 2.05) is 30.3 Å². The van der Waals surface area contributed by atoms with Crippen molar-refractivity contribution >= 4 is 16.8 Å². The molecule has 1 N–H and O–H groups in total. The summed E-state index contributed by atoms with van der Waals surface area (Å²) in [5.41, 5.74) is 1.04. The van der Waals surface area contributed by atoms with E-state index in [0.29, 0.717) is 0 Å². The van der Waals surface area contributed by atoms with Gasteiger partial charge in [-0.15, -0.1) is 0 Å². The zero-order valence-electron chi connectivity index (χ0n) is 7.14. The van der Waals surface area contributed by atoms with Gasteiger partial charge in [0.2, 0.25) is 0 Å². The molecule has 13 heavy (non-hydrogen) atoms. The highest BCUT2D eigenvalue weighted by Crippen LogP contribution is 2.19. The van der Waals surface area contributed by atoms with Crippen molar-refractivity contribution in [2.75, 3.05) is 0 Å². The highest BCUT2D eigenvalue weighted by atomic mass is 16.2. The zero-order chi connectivity index (χ0) is 9.10. The first kappa shape index (κ1) is 7.87. The van der Waals surface area contributed by atoms with Crippen molar-refractivity contribution in [1.29, 1.82) is 0 Å². The van der Waals surface area contributed by atoms with Gasteiger partial charge in [-0.2, -0.15) is 0 Å². The summed E-state index contributed by atoms with van der Waals surface area (Å²) in [6.45, 7) is 0. The van der Waals surface area contributed by atoms with E-state index >= 15 is 0 Å². The molecule has 0 aliphatic heterocycles. The lowest BCUT2D eigenvalue weighted by Crippen LogP contribution is -1.76. The third-order valence-electron chi connectivity index (χ3n) is 2.08. The minimum Gasteiger partial charge on any atom is -0.516 e. The molecule has 0 aliphatic rings. The molecule has 0 spiro atoms. The van der Waals surface area contributed by atoms with Crippen molar-refractivity contribution in [3.63, 3.8) is 0 Å². The van der Waals surface area contributed by atoms with E-state index in [-0.39, 0.29) is 0 Å². The SMILES string of the molecule is OC=Cc1cccc2ccccc12. The van der Waals surface area contributed by atoms with Crippen molar-refractivity contribution in [1.82, 2.24) is 0 Å². The fourth-order valence-electron chi connectivity index (χ4n) is 1.48. The quantitative estimate of drug-likeness (QED) is 0.650. The molecule has 2 aromatic rings. The molecule has 0 atom stereocenters. The number of fused-ring (bicyclic) bond motifs is 1. The summed E-state index contributed by atoms with van der Waals surface area (Å²) in [5.74, 6) is 0. The molecule has 0 saturated carbocycles. The Morgan fingerprint density at radius 2 is 1.69 bits per heavy atom. The first-order valence-electron chi connectivity index (χ1n) is 4.20. The molecule has 0 heterocycles. The number of aliphatic hydroxyl groups excluding tert-OH is 1. The molecular formula is C12H10O. The average Bonchev–Trinajstić information content (AvgIpc) is 2.19. The average molecular weight is 170 g/mol. The Morgan fingerprint density at radius 3 is 2.54 bits per heavy atom. The van der Waals surface area contributed by atoms with Gasteiger partial charge < -0.3 is 5.11 Å². The Balaban J connectivity index is 2.75. The van der Waals surface area contributed by atoms with E-state index in [1.54, 1.807) is 6.08 Å². The second-order valence-corrected chi connectivity index (χ2v) is 2.88. The van der Waals surface area contributed by atoms with E-state index < -0.39 is 0 Å². The van der Waals surface area contributed by atoms with Gasteiger partial charge in [0, 0.05) is 0 Å². The van der Waals surface area contributed by atoms with Crippen LogP contribution in [0, 0.1) is 0 Å². The Hall–Kier alpha value is -1.76. The highest BCUT2D eigenvalue weighted by molar-refractivity contribution is 5.90. The van der Waals surface area contributed by atoms with Gasteiger partial charge in [0.15, 0.2) is 0 Å². The van der Waals surface area contributed by atoms with Crippen LogP contribution in [0.2, 0.25) is 0 Å². The number of hydrogen-bond acceptors (Lipinski definition) is 1. The topological polar surface area (TPSA) is 20.2 Å². The van der Waals surface area contributed by atoms with Gasteiger partial charge in [0.05, 0.1) is 6.26 Å². The Kier molecular flexibility index (Phi) is 2.01. The van der Waals surface area contributed by atoms with Gasteiger partial charge in [0.25, 0.3) is 0 Å². The largest absolute Gasteiger partial charge is 0.516 e. The maximum Gasteiger partial charge on any atom is 0.0797 e. The Bertz CT molecular complexity index is 438. The molecule has 0 bridgehead atoms. The summed E-state index contributed by atoms with van der Waals surface area (Å²) in [5, 5.41) is 11.1. The van der Waals surface area contributed by atoms with Crippen LogP contribution in [-0.4, -0.2) is 5.11 Å². The molecule has 2 aromatic carbocycles. The molecule has 0 aromatic heterocycles. The molecule has 1 nitrogen and oxygen atoms in total. The van der Waals surface area contributed by atoms with E-state index in [9.17, 15) is 0 Å².